The largest absolute Gasteiger partial charge is 0.472 e. The zero-order valence-electron chi connectivity index (χ0n) is 7.96. The standard InChI is InChI=1S/C8H16N2O2/c1-4-5-6-10(7(2)3)12-8(9)11/h4-6H2,1-3H3,(H-,9,11)/p+1. The predicted molar refractivity (Wildman–Crippen MR) is 47.1 cm³/mol. The molecule has 2 N–H and O–H groups in total. The Kier molecular flexibility index (Phi) is 5.08. The highest BCUT2D eigenvalue weighted by molar-refractivity contribution is 5.74. The molecule has 0 spiro atoms. The monoisotopic (exact) mass is 173 g/mol. The van der Waals surface area contributed by atoms with Gasteiger partial charge < -0.3 is 5.73 Å². The summed E-state index contributed by atoms with van der Waals surface area (Å²) in [5, 5.41) is 0. The summed E-state index contributed by atoms with van der Waals surface area (Å²) in [6, 6.07) is 0. The molecule has 0 radical (unpaired) electrons. The molecular formula is C8H17N2O2+. The minimum Gasteiger partial charge on any atom is -0.330 e. The first-order chi connectivity index (χ1) is 5.57. The Labute approximate surface area is 73.0 Å². The molecule has 70 valence electrons. The van der Waals surface area contributed by atoms with Gasteiger partial charge in [-0.1, -0.05) is 6.92 Å². The second-order valence-corrected chi connectivity index (χ2v) is 2.81. The first-order valence-electron chi connectivity index (χ1n) is 4.13. The Morgan fingerprint density at radius 3 is 2.42 bits per heavy atom. The van der Waals surface area contributed by atoms with Gasteiger partial charge >= 0.3 is 6.09 Å². The van der Waals surface area contributed by atoms with Crippen LogP contribution in [-0.4, -0.2) is 23.1 Å². The van der Waals surface area contributed by atoms with Crippen LogP contribution in [0.5, 0.6) is 0 Å². The topological polar surface area (TPSA) is 55.3 Å². The summed E-state index contributed by atoms with van der Waals surface area (Å²) < 4.78 is 1.52. The van der Waals surface area contributed by atoms with Gasteiger partial charge in [-0.25, -0.2) is 4.79 Å². The van der Waals surface area contributed by atoms with Crippen LogP contribution in [0.15, 0.2) is 0 Å². The number of amides is 1. The van der Waals surface area contributed by atoms with Crippen LogP contribution in [0.4, 0.5) is 4.79 Å². The average Bonchev–Trinajstić information content (AvgIpc) is 1.96. The van der Waals surface area contributed by atoms with Crippen LogP contribution in [0.1, 0.15) is 33.6 Å². The lowest BCUT2D eigenvalue weighted by Crippen LogP contribution is -2.26. The molecule has 0 aliphatic rings. The van der Waals surface area contributed by atoms with E-state index in [9.17, 15) is 4.79 Å². The fourth-order valence-corrected chi connectivity index (χ4v) is 0.771. The lowest BCUT2D eigenvalue weighted by atomic mass is 10.3. The van der Waals surface area contributed by atoms with Crippen LogP contribution in [-0.2, 0) is 4.84 Å². The molecular weight excluding hydrogens is 156 g/mol. The lowest BCUT2D eigenvalue weighted by molar-refractivity contribution is -0.759. The second kappa shape index (κ2) is 5.57. The maximum absolute atomic E-state index is 10.4. The van der Waals surface area contributed by atoms with E-state index < -0.39 is 6.09 Å². The van der Waals surface area contributed by atoms with Crippen LogP contribution in [0, 0.1) is 0 Å². The summed E-state index contributed by atoms with van der Waals surface area (Å²) >= 11 is 0. The Balaban J connectivity index is 4.07. The third-order valence-electron chi connectivity index (χ3n) is 1.41. The fourth-order valence-electron chi connectivity index (χ4n) is 0.771. The number of carbonyl (C=O) groups is 1. The molecule has 0 unspecified atom stereocenters. The van der Waals surface area contributed by atoms with Gasteiger partial charge in [0.1, 0.15) is 0 Å². The molecule has 4 heteroatoms. The number of rotatable bonds is 4. The average molecular weight is 173 g/mol. The maximum Gasteiger partial charge on any atom is 0.472 e. The van der Waals surface area contributed by atoms with E-state index in [0.717, 1.165) is 18.6 Å². The molecule has 0 saturated carbocycles. The number of nitrogens with zero attached hydrogens (tertiary/aromatic N) is 1. The van der Waals surface area contributed by atoms with Crippen LogP contribution in [0.25, 0.3) is 0 Å². The van der Waals surface area contributed by atoms with Gasteiger partial charge in [0.25, 0.3) is 0 Å². The highest BCUT2D eigenvalue weighted by Crippen LogP contribution is 1.91. The highest BCUT2D eigenvalue weighted by atomic mass is 16.7. The summed E-state index contributed by atoms with van der Waals surface area (Å²) in [6.45, 7) is 6.53. The fraction of sp³-hybridized carbons (Fsp3) is 0.750. The van der Waals surface area contributed by atoms with E-state index in [1.54, 1.807) is 0 Å². The third-order valence-corrected chi connectivity index (χ3v) is 1.41. The molecule has 0 rings (SSSR count). The van der Waals surface area contributed by atoms with E-state index in [1.165, 1.54) is 4.74 Å². The molecule has 12 heavy (non-hydrogen) atoms. The summed E-state index contributed by atoms with van der Waals surface area (Å²) in [5.74, 6) is 0. The van der Waals surface area contributed by atoms with Crippen molar-refractivity contribution in [3.05, 3.63) is 0 Å². The van der Waals surface area contributed by atoms with Gasteiger partial charge in [-0.2, -0.15) is 4.84 Å². The molecule has 0 aliphatic carbocycles. The zero-order valence-corrected chi connectivity index (χ0v) is 7.96. The number of nitrogens with two attached hydrogens (primary N) is 1. The Morgan fingerprint density at radius 2 is 2.08 bits per heavy atom. The Hall–Kier alpha value is -1.06. The highest BCUT2D eigenvalue weighted by Gasteiger charge is 2.11. The molecule has 1 amide bonds. The molecule has 0 aromatic rings. The number of primary amides is 1. The first kappa shape index (κ1) is 10.9. The van der Waals surface area contributed by atoms with Crippen molar-refractivity contribution in [2.45, 2.75) is 33.6 Å². The molecule has 0 saturated heterocycles. The van der Waals surface area contributed by atoms with Crippen molar-refractivity contribution >= 4 is 11.8 Å². The lowest BCUT2D eigenvalue weighted by Gasteiger charge is -1.99. The Morgan fingerprint density at radius 1 is 1.50 bits per heavy atom. The normalized spacial score (nSPS) is 9.25. The quantitative estimate of drug-likeness (QED) is 0.301. The van der Waals surface area contributed by atoms with Crippen LogP contribution >= 0.6 is 0 Å². The third kappa shape index (κ3) is 4.71. The molecule has 4 nitrogen and oxygen atoms in total. The van der Waals surface area contributed by atoms with Crippen molar-refractivity contribution in [1.82, 2.24) is 0 Å². The predicted octanol–water partition coefficient (Wildman–Crippen LogP) is 1.29. The van der Waals surface area contributed by atoms with Crippen molar-refractivity contribution in [2.24, 2.45) is 5.73 Å². The van der Waals surface area contributed by atoms with Crippen LogP contribution in [0.3, 0.4) is 0 Å². The molecule has 0 atom stereocenters. The number of hydrogen-bond donors (Lipinski definition) is 1. The van der Waals surface area contributed by atoms with Crippen LogP contribution < -0.4 is 5.73 Å². The summed E-state index contributed by atoms with van der Waals surface area (Å²) in [4.78, 5) is 15.2. The molecule has 0 heterocycles. The smallest absolute Gasteiger partial charge is 0.330 e. The zero-order chi connectivity index (χ0) is 9.56. The molecule has 0 aromatic heterocycles. The first-order valence-corrected chi connectivity index (χ1v) is 4.13. The number of carbonyl (C=O) groups excluding carboxylic acids is 1. The minimum absolute atomic E-state index is 0.710. The van der Waals surface area contributed by atoms with Crippen molar-refractivity contribution in [1.29, 1.82) is 0 Å². The van der Waals surface area contributed by atoms with E-state index >= 15 is 0 Å². The van der Waals surface area contributed by atoms with Crippen molar-refractivity contribution in [2.75, 3.05) is 6.54 Å². The van der Waals surface area contributed by atoms with E-state index in [2.05, 4.69) is 6.92 Å². The van der Waals surface area contributed by atoms with Gasteiger partial charge in [0.05, 0.1) is 0 Å². The van der Waals surface area contributed by atoms with Crippen molar-refractivity contribution < 1.29 is 14.4 Å². The van der Waals surface area contributed by atoms with Gasteiger partial charge in [-0.3, -0.25) is 0 Å². The van der Waals surface area contributed by atoms with E-state index in [0.29, 0.717) is 6.54 Å². The SMILES string of the molecule is CCCC[N+](OC(N)=O)=C(C)C. The molecule has 0 bridgehead atoms. The molecule has 0 aromatic carbocycles. The number of hydroxylamine groups is 1. The Bertz CT molecular complexity index is 183. The van der Waals surface area contributed by atoms with Crippen molar-refractivity contribution in [3.63, 3.8) is 0 Å². The van der Waals surface area contributed by atoms with Crippen molar-refractivity contribution in [3.8, 4) is 0 Å². The van der Waals surface area contributed by atoms with Gasteiger partial charge in [0, 0.05) is 20.3 Å². The summed E-state index contributed by atoms with van der Waals surface area (Å²) in [6.07, 6.45) is 1.29. The maximum atomic E-state index is 10.4. The summed E-state index contributed by atoms with van der Waals surface area (Å²) in [5.41, 5.74) is 5.82. The summed E-state index contributed by atoms with van der Waals surface area (Å²) in [7, 11) is 0. The molecule has 0 aliphatic heterocycles. The van der Waals surface area contributed by atoms with Crippen LogP contribution in [0.2, 0.25) is 0 Å². The second-order valence-electron chi connectivity index (χ2n) is 2.81. The van der Waals surface area contributed by atoms with E-state index in [4.69, 9.17) is 10.6 Å². The number of unbranched alkanes of at least 4 members (excludes halogenated alkanes) is 1. The molecule has 0 fully saturated rings. The van der Waals surface area contributed by atoms with Gasteiger partial charge in [-0.15, -0.1) is 0 Å². The van der Waals surface area contributed by atoms with Gasteiger partial charge in [0.15, 0.2) is 12.3 Å². The van der Waals surface area contributed by atoms with Gasteiger partial charge in [-0.05, 0) is 11.2 Å². The van der Waals surface area contributed by atoms with E-state index in [1.807, 2.05) is 13.8 Å². The minimum atomic E-state index is -0.757. The number of hydrogen-bond acceptors (Lipinski definition) is 2. The van der Waals surface area contributed by atoms with E-state index in [-0.39, 0.29) is 0 Å². The van der Waals surface area contributed by atoms with Gasteiger partial charge in [0.2, 0.25) is 0 Å².